The fourth-order valence-electron chi connectivity index (χ4n) is 2.87. The predicted octanol–water partition coefficient (Wildman–Crippen LogP) is 5.74. The number of rotatable bonds is 3. The van der Waals surface area contributed by atoms with Crippen LogP contribution in [0.25, 0.3) is 16.9 Å². The molecule has 0 unspecified atom stereocenters. The van der Waals surface area contributed by atoms with Crippen molar-refractivity contribution in [2.75, 3.05) is 0 Å². The minimum absolute atomic E-state index is 0.219. The third-order valence-corrected chi connectivity index (χ3v) is 4.24. The topological polar surface area (TPSA) is 62.2 Å². The fraction of sp³-hybridized carbons (Fsp3) is 0.0952. The maximum absolute atomic E-state index is 9.56. The average Bonchev–Trinajstić information content (AvgIpc) is 2.99. The van der Waals surface area contributed by atoms with E-state index in [1.54, 1.807) is 18.2 Å². The number of benzene rings is 2. The van der Waals surface area contributed by atoms with Gasteiger partial charge in [-0.15, -0.1) is 10.2 Å². The summed E-state index contributed by atoms with van der Waals surface area (Å²) in [5, 5.41) is 18.5. The van der Waals surface area contributed by atoms with Crippen LogP contribution in [-0.4, -0.2) is 14.5 Å². The van der Waals surface area contributed by atoms with Gasteiger partial charge in [0.05, 0.1) is 5.69 Å². The summed E-state index contributed by atoms with van der Waals surface area (Å²) < 4.78 is 1.94. The summed E-state index contributed by atoms with van der Waals surface area (Å²) >= 11 is 0. The van der Waals surface area contributed by atoms with Gasteiger partial charge in [0.1, 0.15) is 17.1 Å². The molecule has 0 aliphatic carbocycles. The van der Waals surface area contributed by atoms with Crippen molar-refractivity contribution in [3.63, 3.8) is 0 Å². The number of aromatic hydroxyl groups is 1. The van der Waals surface area contributed by atoms with Gasteiger partial charge in [0.15, 0.2) is 5.82 Å². The summed E-state index contributed by atoms with van der Waals surface area (Å²) in [6, 6.07) is 19.0. The lowest BCUT2D eigenvalue weighted by Gasteiger charge is -2.02. The van der Waals surface area contributed by atoms with E-state index < -0.39 is 0 Å². The molecule has 2 aromatic carbocycles. The Labute approximate surface area is 151 Å². The first-order valence-electron chi connectivity index (χ1n) is 8.37. The lowest BCUT2D eigenvalue weighted by atomic mass is 10.1. The molecule has 5 nitrogen and oxygen atoms in total. The number of hydrogen-bond acceptors (Lipinski definition) is 4. The van der Waals surface area contributed by atoms with Crippen molar-refractivity contribution in [2.24, 2.45) is 10.2 Å². The van der Waals surface area contributed by atoms with Gasteiger partial charge in [0.2, 0.25) is 0 Å². The first-order chi connectivity index (χ1) is 12.6. The number of imidazole rings is 1. The standard InChI is InChI=1S/C21H18N4O/c1-14-10-11-25-19(12-14)22-20(16-6-4-3-5-7-16)21(25)24-23-18-9-8-17(26)13-15(18)2/h3-13,26H,1-2H3. The van der Waals surface area contributed by atoms with Gasteiger partial charge in [-0.3, -0.25) is 4.40 Å². The van der Waals surface area contributed by atoms with Gasteiger partial charge in [-0.05, 0) is 55.3 Å². The highest BCUT2D eigenvalue weighted by Gasteiger charge is 2.14. The third-order valence-electron chi connectivity index (χ3n) is 4.24. The van der Waals surface area contributed by atoms with Crippen LogP contribution in [0.3, 0.4) is 0 Å². The van der Waals surface area contributed by atoms with Crippen LogP contribution < -0.4 is 0 Å². The molecule has 4 rings (SSSR count). The van der Waals surface area contributed by atoms with Crippen molar-refractivity contribution in [3.8, 4) is 17.0 Å². The second kappa shape index (κ2) is 6.44. The second-order valence-corrected chi connectivity index (χ2v) is 6.25. The van der Waals surface area contributed by atoms with Gasteiger partial charge in [0, 0.05) is 11.8 Å². The Balaban J connectivity index is 1.88. The Bertz CT molecular complexity index is 1110. The highest BCUT2D eigenvalue weighted by Crippen LogP contribution is 2.33. The molecule has 2 heterocycles. The summed E-state index contributed by atoms with van der Waals surface area (Å²) in [4.78, 5) is 4.76. The van der Waals surface area contributed by atoms with Crippen molar-refractivity contribution in [3.05, 3.63) is 78.0 Å². The minimum atomic E-state index is 0.219. The highest BCUT2D eigenvalue weighted by molar-refractivity contribution is 5.74. The summed E-state index contributed by atoms with van der Waals surface area (Å²) in [7, 11) is 0. The molecule has 26 heavy (non-hydrogen) atoms. The first-order valence-corrected chi connectivity index (χ1v) is 8.37. The van der Waals surface area contributed by atoms with Crippen LogP contribution in [0, 0.1) is 13.8 Å². The lowest BCUT2D eigenvalue weighted by Crippen LogP contribution is -1.84. The number of hydrogen-bond donors (Lipinski definition) is 1. The molecule has 1 N–H and O–H groups in total. The van der Waals surface area contributed by atoms with E-state index in [9.17, 15) is 5.11 Å². The predicted molar refractivity (Wildman–Crippen MR) is 102 cm³/mol. The van der Waals surface area contributed by atoms with E-state index in [-0.39, 0.29) is 5.75 Å². The summed E-state index contributed by atoms with van der Waals surface area (Å²) in [5.74, 6) is 0.898. The lowest BCUT2D eigenvalue weighted by molar-refractivity contribution is 0.475. The van der Waals surface area contributed by atoms with Crippen LogP contribution in [-0.2, 0) is 0 Å². The van der Waals surface area contributed by atoms with Crippen LogP contribution in [0.15, 0.2) is 77.1 Å². The molecule has 2 aromatic heterocycles. The van der Waals surface area contributed by atoms with Crippen molar-refractivity contribution < 1.29 is 5.11 Å². The Kier molecular flexibility index (Phi) is 3.97. The molecule has 0 aliphatic heterocycles. The number of aryl methyl sites for hydroxylation is 2. The largest absolute Gasteiger partial charge is 0.508 e. The quantitative estimate of drug-likeness (QED) is 0.483. The number of fused-ring (bicyclic) bond motifs is 1. The fourth-order valence-corrected chi connectivity index (χ4v) is 2.87. The number of nitrogens with zero attached hydrogens (tertiary/aromatic N) is 4. The first kappa shape index (κ1) is 16.0. The SMILES string of the molecule is Cc1ccn2c(N=Nc3ccc(O)cc3C)c(-c3ccccc3)nc2c1. The summed E-state index contributed by atoms with van der Waals surface area (Å²) in [6.45, 7) is 3.93. The molecule has 0 amide bonds. The molecule has 4 aromatic rings. The van der Waals surface area contributed by atoms with Gasteiger partial charge in [-0.25, -0.2) is 4.98 Å². The Hall–Kier alpha value is -3.47. The zero-order valence-corrected chi connectivity index (χ0v) is 14.6. The van der Waals surface area contributed by atoms with E-state index in [0.717, 1.165) is 28.0 Å². The number of phenolic OH excluding ortho intramolecular Hbond substituents is 1. The van der Waals surface area contributed by atoms with E-state index in [1.807, 2.05) is 66.9 Å². The normalized spacial score (nSPS) is 11.5. The van der Waals surface area contributed by atoms with Gasteiger partial charge in [-0.1, -0.05) is 30.3 Å². The molecular formula is C21H18N4O. The monoisotopic (exact) mass is 342 g/mol. The van der Waals surface area contributed by atoms with E-state index in [2.05, 4.69) is 10.2 Å². The smallest absolute Gasteiger partial charge is 0.187 e. The van der Waals surface area contributed by atoms with Crippen LogP contribution in [0.2, 0.25) is 0 Å². The van der Waals surface area contributed by atoms with Crippen molar-refractivity contribution in [2.45, 2.75) is 13.8 Å². The van der Waals surface area contributed by atoms with Gasteiger partial charge < -0.3 is 5.11 Å². The van der Waals surface area contributed by atoms with Crippen LogP contribution in [0.5, 0.6) is 5.75 Å². The molecule has 0 fully saturated rings. The summed E-state index contributed by atoms with van der Waals surface area (Å²) in [6.07, 6.45) is 1.96. The molecule has 0 bridgehead atoms. The number of aromatic nitrogens is 2. The number of phenols is 1. The zero-order valence-electron chi connectivity index (χ0n) is 14.6. The van der Waals surface area contributed by atoms with E-state index >= 15 is 0 Å². The van der Waals surface area contributed by atoms with Crippen LogP contribution in [0.1, 0.15) is 11.1 Å². The molecule has 0 spiro atoms. The molecule has 0 saturated heterocycles. The molecule has 0 saturated carbocycles. The average molecular weight is 342 g/mol. The molecule has 128 valence electrons. The zero-order chi connectivity index (χ0) is 18.1. The molecule has 5 heteroatoms. The third kappa shape index (κ3) is 2.95. The van der Waals surface area contributed by atoms with Crippen molar-refractivity contribution in [1.82, 2.24) is 9.38 Å². The highest BCUT2D eigenvalue weighted by atomic mass is 16.3. The second-order valence-electron chi connectivity index (χ2n) is 6.25. The van der Waals surface area contributed by atoms with Crippen molar-refractivity contribution in [1.29, 1.82) is 0 Å². The van der Waals surface area contributed by atoms with Crippen LogP contribution >= 0.6 is 0 Å². The Morgan fingerprint density at radius 3 is 2.50 bits per heavy atom. The maximum atomic E-state index is 9.56. The van der Waals surface area contributed by atoms with Gasteiger partial charge in [-0.2, -0.15) is 0 Å². The van der Waals surface area contributed by atoms with E-state index in [1.165, 1.54) is 0 Å². The molecular weight excluding hydrogens is 324 g/mol. The Morgan fingerprint density at radius 1 is 0.923 bits per heavy atom. The van der Waals surface area contributed by atoms with Gasteiger partial charge in [0.25, 0.3) is 0 Å². The van der Waals surface area contributed by atoms with Crippen LogP contribution in [0.4, 0.5) is 11.5 Å². The summed E-state index contributed by atoms with van der Waals surface area (Å²) in [5.41, 5.74) is 5.32. The van der Waals surface area contributed by atoms with Crippen molar-refractivity contribution >= 4 is 17.2 Å². The molecule has 0 aliphatic rings. The van der Waals surface area contributed by atoms with Gasteiger partial charge >= 0.3 is 0 Å². The number of azo groups is 1. The molecule has 0 atom stereocenters. The Morgan fingerprint density at radius 2 is 1.73 bits per heavy atom. The molecule has 0 radical (unpaired) electrons. The number of pyridine rings is 1. The van der Waals surface area contributed by atoms with E-state index in [0.29, 0.717) is 11.5 Å². The van der Waals surface area contributed by atoms with E-state index in [4.69, 9.17) is 4.98 Å². The minimum Gasteiger partial charge on any atom is -0.508 e. The maximum Gasteiger partial charge on any atom is 0.187 e.